The van der Waals surface area contributed by atoms with E-state index in [1.165, 1.54) is 0 Å². The van der Waals surface area contributed by atoms with Gasteiger partial charge in [0.15, 0.2) is 0 Å². The van der Waals surface area contributed by atoms with E-state index < -0.39 is 0 Å². The zero-order valence-electron chi connectivity index (χ0n) is 9.69. The van der Waals surface area contributed by atoms with Gasteiger partial charge in [-0.05, 0) is 32.0 Å². The van der Waals surface area contributed by atoms with Crippen LogP contribution in [0.4, 0.5) is 5.82 Å². The molecule has 0 amide bonds. The van der Waals surface area contributed by atoms with Crippen molar-refractivity contribution in [1.29, 1.82) is 0 Å². The lowest BCUT2D eigenvalue weighted by atomic mass is 10.0. The van der Waals surface area contributed by atoms with Crippen LogP contribution in [0, 0.1) is 0 Å². The largest absolute Gasteiger partial charge is 0.392 e. The van der Waals surface area contributed by atoms with Crippen LogP contribution in [0.15, 0.2) is 18.3 Å². The molecule has 88 valence electrons. The lowest BCUT2D eigenvalue weighted by molar-refractivity contribution is 0.281. The highest BCUT2D eigenvalue weighted by Crippen LogP contribution is 2.21. The van der Waals surface area contributed by atoms with Crippen molar-refractivity contribution in [2.24, 2.45) is 0 Å². The second kappa shape index (κ2) is 5.27. The van der Waals surface area contributed by atoms with Crippen molar-refractivity contribution in [3.05, 3.63) is 23.9 Å². The van der Waals surface area contributed by atoms with Crippen molar-refractivity contribution in [2.75, 3.05) is 25.0 Å². The third kappa shape index (κ3) is 2.33. The number of pyridine rings is 1. The fourth-order valence-corrected chi connectivity index (χ4v) is 2.24. The maximum Gasteiger partial charge on any atom is 0.134 e. The third-order valence-electron chi connectivity index (χ3n) is 3.23. The SMILES string of the molecule is CN(c1ncccc1CO)C1CCNCC1. The Bertz CT molecular complexity index is 337. The van der Waals surface area contributed by atoms with Crippen LogP contribution in [-0.4, -0.2) is 36.3 Å². The topological polar surface area (TPSA) is 48.4 Å². The van der Waals surface area contributed by atoms with Crippen molar-refractivity contribution in [1.82, 2.24) is 10.3 Å². The molecule has 1 aliphatic heterocycles. The molecule has 1 aliphatic rings. The molecule has 1 saturated heterocycles. The highest BCUT2D eigenvalue weighted by molar-refractivity contribution is 5.46. The Morgan fingerprint density at radius 3 is 2.94 bits per heavy atom. The highest BCUT2D eigenvalue weighted by atomic mass is 16.3. The number of hydrogen-bond acceptors (Lipinski definition) is 4. The molecule has 1 aromatic heterocycles. The lowest BCUT2D eigenvalue weighted by Gasteiger charge is -2.33. The summed E-state index contributed by atoms with van der Waals surface area (Å²) in [7, 11) is 2.07. The van der Waals surface area contributed by atoms with E-state index in [2.05, 4.69) is 22.2 Å². The Morgan fingerprint density at radius 2 is 2.25 bits per heavy atom. The number of anilines is 1. The molecule has 0 saturated carbocycles. The number of aliphatic hydroxyl groups is 1. The van der Waals surface area contributed by atoms with Gasteiger partial charge in [-0.3, -0.25) is 0 Å². The first-order valence-electron chi connectivity index (χ1n) is 5.81. The quantitative estimate of drug-likeness (QED) is 0.791. The van der Waals surface area contributed by atoms with E-state index in [-0.39, 0.29) is 6.61 Å². The summed E-state index contributed by atoms with van der Waals surface area (Å²) in [5.41, 5.74) is 0.906. The summed E-state index contributed by atoms with van der Waals surface area (Å²) in [6.07, 6.45) is 4.06. The van der Waals surface area contributed by atoms with E-state index in [1.54, 1.807) is 6.20 Å². The van der Waals surface area contributed by atoms with Crippen molar-refractivity contribution < 1.29 is 5.11 Å². The van der Waals surface area contributed by atoms with Crippen LogP contribution in [0.1, 0.15) is 18.4 Å². The molecule has 1 fully saturated rings. The van der Waals surface area contributed by atoms with Crippen molar-refractivity contribution in [3.8, 4) is 0 Å². The van der Waals surface area contributed by atoms with Gasteiger partial charge in [0.05, 0.1) is 6.61 Å². The normalized spacial score (nSPS) is 17.4. The number of nitrogens with zero attached hydrogens (tertiary/aromatic N) is 2. The molecule has 0 aliphatic carbocycles. The fourth-order valence-electron chi connectivity index (χ4n) is 2.24. The van der Waals surface area contributed by atoms with Crippen LogP contribution < -0.4 is 10.2 Å². The smallest absolute Gasteiger partial charge is 0.134 e. The van der Waals surface area contributed by atoms with Crippen LogP contribution in [0.2, 0.25) is 0 Å². The van der Waals surface area contributed by atoms with E-state index >= 15 is 0 Å². The highest BCUT2D eigenvalue weighted by Gasteiger charge is 2.20. The molecular weight excluding hydrogens is 202 g/mol. The zero-order valence-corrected chi connectivity index (χ0v) is 9.69. The van der Waals surface area contributed by atoms with Gasteiger partial charge in [-0.2, -0.15) is 0 Å². The molecule has 2 rings (SSSR count). The summed E-state index contributed by atoms with van der Waals surface area (Å²) in [5.74, 6) is 0.914. The minimum absolute atomic E-state index is 0.0541. The van der Waals surface area contributed by atoms with E-state index in [9.17, 15) is 5.11 Å². The molecule has 1 aromatic rings. The summed E-state index contributed by atoms with van der Waals surface area (Å²) in [5, 5.41) is 12.6. The molecule has 2 N–H and O–H groups in total. The summed E-state index contributed by atoms with van der Waals surface area (Å²) in [4.78, 5) is 6.57. The zero-order chi connectivity index (χ0) is 11.4. The number of hydrogen-bond donors (Lipinski definition) is 2. The summed E-state index contributed by atoms with van der Waals surface area (Å²) < 4.78 is 0. The molecule has 4 nitrogen and oxygen atoms in total. The molecule has 0 bridgehead atoms. The van der Waals surface area contributed by atoms with Gasteiger partial charge in [0.1, 0.15) is 5.82 Å². The van der Waals surface area contributed by atoms with Crippen LogP contribution in [0.25, 0.3) is 0 Å². The Kier molecular flexibility index (Phi) is 3.74. The molecule has 16 heavy (non-hydrogen) atoms. The van der Waals surface area contributed by atoms with Gasteiger partial charge in [0.25, 0.3) is 0 Å². The van der Waals surface area contributed by atoms with Gasteiger partial charge in [0.2, 0.25) is 0 Å². The van der Waals surface area contributed by atoms with Gasteiger partial charge in [-0.15, -0.1) is 0 Å². The Balaban J connectivity index is 2.15. The standard InChI is InChI=1S/C12H19N3O/c1-15(11-4-7-13-8-5-11)12-10(9-16)3-2-6-14-12/h2-3,6,11,13,16H,4-5,7-9H2,1H3. The predicted octanol–water partition coefficient (Wildman–Crippen LogP) is 0.762. The van der Waals surface area contributed by atoms with Crippen molar-refractivity contribution in [2.45, 2.75) is 25.5 Å². The van der Waals surface area contributed by atoms with Crippen LogP contribution >= 0.6 is 0 Å². The molecule has 0 aromatic carbocycles. The average Bonchev–Trinajstić information content (AvgIpc) is 2.39. The van der Waals surface area contributed by atoms with Crippen LogP contribution in [0.5, 0.6) is 0 Å². The van der Waals surface area contributed by atoms with E-state index in [0.717, 1.165) is 37.3 Å². The number of nitrogens with one attached hydrogen (secondary N) is 1. The second-order valence-corrected chi connectivity index (χ2v) is 4.24. The minimum Gasteiger partial charge on any atom is -0.392 e. The first-order chi connectivity index (χ1) is 7.83. The fraction of sp³-hybridized carbons (Fsp3) is 0.583. The molecule has 2 heterocycles. The van der Waals surface area contributed by atoms with Crippen LogP contribution in [-0.2, 0) is 6.61 Å². The van der Waals surface area contributed by atoms with Crippen LogP contribution in [0.3, 0.4) is 0 Å². The number of aliphatic hydroxyl groups excluding tert-OH is 1. The predicted molar refractivity (Wildman–Crippen MR) is 64.5 cm³/mol. The summed E-state index contributed by atoms with van der Waals surface area (Å²) >= 11 is 0. The maximum absolute atomic E-state index is 9.29. The van der Waals surface area contributed by atoms with Gasteiger partial charge in [-0.25, -0.2) is 4.98 Å². The molecule has 4 heteroatoms. The van der Waals surface area contributed by atoms with Crippen molar-refractivity contribution >= 4 is 5.82 Å². The number of piperidine rings is 1. The Labute approximate surface area is 96.3 Å². The van der Waals surface area contributed by atoms with E-state index in [0.29, 0.717) is 6.04 Å². The minimum atomic E-state index is 0.0541. The summed E-state index contributed by atoms with van der Waals surface area (Å²) in [6.45, 7) is 2.19. The second-order valence-electron chi connectivity index (χ2n) is 4.24. The monoisotopic (exact) mass is 221 g/mol. The Morgan fingerprint density at radius 1 is 1.50 bits per heavy atom. The Hall–Kier alpha value is -1.13. The number of rotatable bonds is 3. The van der Waals surface area contributed by atoms with E-state index in [1.807, 2.05) is 12.1 Å². The number of aromatic nitrogens is 1. The van der Waals surface area contributed by atoms with Gasteiger partial charge < -0.3 is 15.3 Å². The average molecular weight is 221 g/mol. The lowest BCUT2D eigenvalue weighted by Crippen LogP contribution is -2.41. The van der Waals surface area contributed by atoms with Gasteiger partial charge in [-0.1, -0.05) is 6.07 Å². The molecule has 0 unspecified atom stereocenters. The maximum atomic E-state index is 9.29. The first-order valence-corrected chi connectivity index (χ1v) is 5.81. The molecular formula is C12H19N3O. The molecule has 0 atom stereocenters. The van der Waals surface area contributed by atoms with E-state index in [4.69, 9.17) is 0 Å². The first kappa shape index (κ1) is 11.4. The third-order valence-corrected chi connectivity index (χ3v) is 3.23. The summed E-state index contributed by atoms with van der Waals surface area (Å²) in [6, 6.07) is 4.33. The molecule has 0 spiro atoms. The van der Waals surface area contributed by atoms with Gasteiger partial charge >= 0.3 is 0 Å². The van der Waals surface area contributed by atoms with Gasteiger partial charge in [0, 0.05) is 24.8 Å². The molecule has 0 radical (unpaired) electrons. The van der Waals surface area contributed by atoms with Crippen molar-refractivity contribution in [3.63, 3.8) is 0 Å².